The van der Waals surface area contributed by atoms with E-state index < -0.39 is 5.60 Å². The first-order chi connectivity index (χ1) is 14.7. The highest BCUT2D eigenvalue weighted by molar-refractivity contribution is 5.89. The number of benzene rings is 1. The van der Waals surface area contributed by atoms with Gasteiger partial charge >= 0.3 is 5.97 Å². The minimum absolute atomic E-state index is 0.251. The third kappa shape index (κ3) is 6.15. The van der Waals surface area contributed by atoms with E-state index in [1.54, 1.807) is 54.5 Å². The number of pyridine rings is 1. The first kappa shape index (κ1) is 22.0. The first-order valence-electron chi connectivity index (χ1n) is 9.83. The Morgan fingerprint density at radius 1 is 1.16 bits per heavy atom. The molecule has 8 heteroatoms. The molecule has 2 aromatic heterocycles. The number of aryl methyl sites for hydroxylation is 2. The Balaban J connectivity index is 1.61. The van der Waals surface area contributed by atoms with E-state index >= 15 is 0 Å². The second-order valence-corrected chi connectivity index (χ2v) is 7.90. The van der Waals surface area contributed by atoms with E-state index in [0.717, 1.165) is 11.3 Å². The van der Waals surface area contributed by atoms with Crippen LogP contribution in [-0.4, -0.2) is 32.5 Å². The van der Waals surface area contributed by atoms with Crippen molar-refractivity contribution in [2.45, 2.75) is 39.9 Å². The van der Waals surface area contributed by atoms with Crippen LogP contribution in [0.15, 0.2) is 53.8 Å². The van der Waals surface area contributed by atoms with E-state index in [2.05, 4.69) is 15.2 Å². The number of hydrogen-bond donors (Lipinski definition) is 0. The van der Waals surface area contributed by atoms with Crippen molar-refractivity contribution in [2.24, 2.45) is 12.2 Å². The molecule has 0 fully saturated rings. The molecule has 0 saturated heterocycles. The van der Waals surface area contributed by atoms with Crippen LogP contribution in [-0.2, 0) is 23.2 Å². The van der Waals surface area contributed by atoms with Gasteiger partial charge in [-0.05, 0) is 51.5 Å². The van der Waals surface area contributed by atoms with Crippen molar-refractivity contribution in [3.05, 3.63) is 71.0 Å². The lowest BCUT2D eigenvalue weighted by atomic mass is 10.1. The van der Waals surface area contributed by atoms with Crippen LogP contribution in [0.1, 0.15) is 48.0 Å². The fourth-order valence-electron chi connectivity index (χ4n) is 2.71. The highest BCUT2D eigenvalue weighted by Gasteiger charge is 2.18. The van der Waals surface area contributed by atoms with Crippen molar-refractivity contribution >= 4 is 12.2 Å². The summed E-state index contributed by atoms with van der Waals surface area (Å²) in [5.74, 6) is 0.627. The fraction of sp³-hybridized carbons (Fsp3) is 0.304. The van der Waals surface area contributed by atoms with Crippen molar-refractivity contribution in [3.63, 3.8) is 0 Å². The van der Waals surface area contributed by atoms with Crippen molar-refractivity contribution < 1.29 is 19.1 Å². The van der Waals surface area contributed by atoms with Crippen LogP contribution in [0.25, 0.3) is 0 Å². The number of ether oxygens (including phenoxy) is 2. The molecule has 3 aromatic rings. The zero-order valence-electron chi connectivity index (χ0n) is 18.3. The molecule has 1 aromatic carbocycles. The zero-order chi connectivity index (χ0) is 22.4. The predicted molar refractivity (Wildman–Crippen MR) is 116 cm³/mol. The van der Waals surface area contributed by atoms with Gasteiger partial charge in [0.25, 0.3) is 0 Å². The maximum atomic E-state index is 12.1. The second kappa shape index (κ2) is 9.42. The Labute approximate surface area is 181 Å². The molecule has 0 aliphatic heterocycles. The standard InChI is InChI=1S/C23H26N4O4/c1-16-19(21(27(5)26-16)30-20-8-6-7-13-24-20)14-25-29-15-17-9-11-18(12-10-17)22(28)31-23(2,3)4/h6-14H,15H2,1-5H3/b25-14+. The molecular weight excluding hydrogens is 396 g/mol. The summed E-state index contributed by atoms with van der Waals surface area (Å²) in [5, 5.41) is 8.42. The minimum Gasteiger partial charge on any atom is -0.456 e. The summed E-state index contributed by atoms with van der Waals surface area (Å²) in [6.45, 7) is 7.62. The molecule has 0 aliphatic rings. The number of carbonyl (C=O) groups excluding carboxylic acids is 1. The van der Waals surface area contributed by atoms with Gasteiger partial charge in [0.05, 0.1) is 23.0 Å². The van der Waals surface area contributed by atoms with Crippen LogP contribution in [0.2, 0.25) is 0 Å². The molecule has 0 aliphatic carbocycles. The monoisotopic (exact) mass is 422 g/mol. The maximum Gasteiger partial charge on any atom is 0.338 e. The number of hydrogen-bond acceptors (Lipinski definition) is 7. The van der Waals surface area contributed by atoms with Gasteiger partial charge in [0, 0.05) is 19.3 Å². The molecule has 0 amide bonds. The number of nitrogens with zero attached hydrogens (tertiary/aromatic N) is 4. The third-order valence-corrected chi connectivity index (χ3v) is 4.13. The minimum atomic E-state index is -0.531. The van der Waals surface area contributed by atoms with Crippen LogP contribution in [0, 0.1) is 6.92 Å². The highest BCUT2D eigenvalue weighted by Crippen LogP contribution is 2.24. The van der Waals surface area contributed by atoms with Gasteiger partial charge in [-0.25, -0.2) is 14.5 Å². The summed E-state index contributed by atoms with van der Waals surface area (Å²) >= 11 is 0. The molecule has 0 spiro atoms. The Hall–Kier alpha value is -3.68. The van der Waals surface area contributed by atoms with Crippen molar-refractivity contribution in [3.8, 4) is 11.8 Å². The van der Waals surface area contributed by atoms with E-state index in [1.165, 1.54) is 0 Å². The summed E-state index contributed by atoms with van der Waals surface area (Å²) < 4.78 is 12.8. The van der Waals surface area contributed by atoms with Crippen molar-refractivity contribution in [1.82, 2.24) is 14.8 Å². The van der Waals surface area contributed by atoms with Gasteiger partial charge in [-0.15, -0.1) is 0 Å². The number of esters is 1. The Bertz CT molecular complexity index is 1050. The molecule has 31 heavy (non-hydrogen) atoms. The van der Waals surface area contributed by atoms with Gasteiger partial charge < -0.3 is 14.3 Å². The SMILES string of the molecule is Cc1nn(C)c(Oc2ccccn2)c1/C=N/OCc1ccc(C(=O)OC(C)(C)C)cc1. The summed E-state index contributed by atoms with van der Waals surface area (Å²) in [7, 11) is 1.79. The molecule has 2 heterocycles. The van der Waals surface area contributed by atoms with Gasteiger partial charge in [-0.2, -0.15) is 5.10 Å². The van der Waals surface area contributed by atoms with E-state index in [9.17, 15) is 4.79 Å². The topological polar surface area (TPSA) is 87.8 Å². The summed E-state index contributed by atoms with van der Waals surface area (Å²) in [6.07, 6.45) is 3.22. The molecule has 0 radical (unpaired) electrons. The van der Waals surface area contributed by atoms with Gasteiger partial charge in [-0.3, -0.25) is 0 Å². The van der Waals surface area contributed by atoms with Gasteiger partial charge in [-0.1, -0.05) is 23.4 Å². The van der Waals surface area contributed by atoms with Crippen LogP contribution in [0.4, 0.5) is 0 Å². The molecule has 3 rings (SSSR count). The van der Waals surface area contributed by atoms with E-state index in [1.807, 2.05) is 39.8 Å². The average Bonchev–Trinajstić information content (AvgIpc) is 2.98. The number of carbonyl (C=O) groups is 1. The molecule has 8 nitrogen and oxygen atoms in total. The average molecular weight is 422 g/mol. The fourth-order valence-corrected chi connectivity index (χ4v) is 2.71. The Kier molecular flexibility index (Phi) is 6.69. The smallest absolute Gasteiger partial charge is 0.338 e. The number of rotatable bonds is 7. The zero-order valence-corrected chi connectivity index (χ0v) is 18.3. The first-order valence-corrected chi connectivity index (χ1v) is 9.83. The van der Waals surface area contributed by atoms with E-state index in [4.69, 9.17) is 14.3 Å². The highest BCUT2D eigenvalue weighted by atomic mass is 16.6. The number of aromatic nitrogens is 3. The second-order valence-electron chi connectivity index (χ2n) is 7.90. The van der Waals surface area contributed by atoms with E-state index in [-0.39, 0.29) is 12.6 Å². The summed E-state index contributed by atoms with van der Waals surface area (Å²) in [5.41, 5.74) is 2.29. The van der Waals surface area contributed by atoms with Gasteiger partial charge in [0.15, 0.2) is 0 Å². The van der Waals surface area contributed by atoms with Crippen molar-refractivity contribution in [2.75, 3.05) is 0 Å². The summed E-state index contributed by atoms with van der Waals surface area (Å²) in [4.78, 5) is 21.7. The lowest BCUT2D eigenvalue weighted by Crippen LogP contribution is -2.23. The van der Waals surface area contributed by atoms with Gasteiger partial charge in [0.2, 0.25) is 11.8 Å². The lowest BCUT2D eigenvalue weighted by Gasteiger charge is -2.19. The van der Waals surface area contributed by atoms with Gasteiger partial charge in [0.1, 0.15) is 12.2 Å². The summed E-state index contributed by atoms with van der Waals surface area (Å²) in [6, 6.07) is 12.5. The Morgan fingerprint density at radius 3 is 2.55 bits per heavy atom. The largest absolute Gasteiger partial charge is 0.456 e. The molecule has 0 saturated carbocycles. The molecule has 0 unspecified atom stereocenters. The molecule has 0 bridgehead atoms. The predicted octanol–water partition coefficient (Wildman–Crippen LogP) is 4.42. The lowest BCUT2D eigenvalue weighted by molar-refractivity contribution is 0.00694. The molecule has 162 valence electrons. The van der Waals surface area contributed by atoms with Crippen LogP contribution < -0.4 is 4.74 Å². The van der Waals surface area contributed by atoms with E-state index in [0.29, 0.717) is 22.9 Å². The van der Waals surface area contributed by atoms with Crippen LogP contribution >= 0.6 is 0 Å². The third-order valence-electron chi connectivity index (χ3n) is 4.13. The Morgan fingerprint density at radius 2 is 1.90 bits per heavy atom. The number of oxime groups is 1. The van der Waals surface area contributed by atoms with Crippen molar-refractivity contribution in [1.29, 1.82) is 0 Å². The maximum absolute atomic E-state index is 12.1. The molecular formula is C23H26N4O4. The quantitative estimate of drug-likeness (QED) is 0.318. The normalized spacial score (nSPS) is 11.5. The van der Waals surface area contributed by atoms with Crippen LogP contribution in [0.3, 0.4) is 0 Å². The molecule has 0 atom stereocenters. The molecule has 0 N–H and O–H groups in total. The van der Waals surface area contributed by atoms with Crippen LogP contribution in [0.5, 0.6) is 11.8 Å².